The van der Waals surface area contributed by atoms with Crippen molar-refractivity contribution in [3.63, 3.8) is 0 Å². The molecule has 0 unspecified atom stereocenters. The van der Waals surface area contributed by atoms with E-state index in [0.717, 1.165) is 12.8 Å². The highest BCUT2D eigenvalue weighted by molar-refractivity contribution is 7.10. The van der Waals surface area contributed by atoms with Crippen LogP contribution in [0.25, 0.3) is 0 Å². The summed E-state index contributed by atoms with van der Waals surface area (Å²) in [6.07, 6.45) is 2.20. The second-order valence-electron chi connectivity index (χ2n) is 6.69. The molecule has 3 amide bonds. The van der Waals surface area contributed by atoms with E-state index in [0.29, 0.717) is 13.1 Å². The number of hydrogen-bond donors (Lipinski definition) is 2. The van der Waals surface area contributed by atoms with Crippen LogP contribution in [0.3, 0.4) is 0 Å². The van der Waals surface area contributed by atoms with Crippen molar-refractivity contribution in [3.8, 4) is 0 Å². The van der Waals surface area contributed by atoms with Crippen molar-refractivity contribution in [1.29, 1.82) is 0 Å². The van der Waals surface area contributed by atoms with Gasteiger partial charge in [0.15, 0.2) is 6.04 Å². The third-order valence-corrected chi connectivity index (χ3v) is 5.68. The van der Waals surface area contributed by atoms with E-state index in [-0.39, 0.29) is 24.0 Å². The van der Waals surface area contributed by atoms with Crippen molar-refractivity contribution in [2.24, 2.45) is 0 Å². The van der Waals surface area contributed by atoms with E-state index in [4.69, 9.17) is 0 Å². The van der Waals surface area contributed by atoms with E-state index in [1.54, 1.807) is 11.3 Å². The largest absolute Gasteiger partial charge is 0.336 e. The van der Waals surface area contributed by atoms with Crippen LogP contribution in [0, 0.1) is 0 Å². The molecular weight excluding hydrogens is 346 g/mol. The number of nitrogens with zero attached hydrogens (tertiary/aromatic N) is 1. The lowest BCUT2D eigenvalue weighted by atomic mass is 10.0. The molecule has 138 valence electrons. The fourth-order valence-corrected chi connectivity index (χ4v) is 4.15. The summed E-state index contributed by atoms with van der Waals surface area (Å²) in [5, 5.41) is 6.81. The van der Waals surface area contributed by atoms with Gasteiger partial charge in [-0.2, -0.15) is 0 Å². The molecule has 0 bridgehead atoms. The van der Waals surface area contributed by atoms with Gasteiger partial charge in [-0.15, -0.1) is 11.3 Å². The Morgan fingerprint density at radius 1 is 1.31 bits per heavy atom. The number of urea groups is 1. The second kappa shape index (κ2) is 8.47. The molecule has 0 aliphatic carbocycles. The molecule has 0 saturated carbocycles. The molecule has 1 saturated heterocycles. The first-order valence-electron chi connectivity index (χ1n) is 9.16. The quantitative estimate of drug-likeness (QED) is 0.783. The number of quaternary nitrogens is 1. The minimum Gasteiger partial charge on any atom is -0.336 e. The van der Waals surface area contributed by atoms with Crippen LogP contribution in [-0.4, -0.2) is 36.0 Å². The fraction of sp³-hybridized carbons (Fsp3) is 0.400. The SMILES string of the molecule is CCCc1ccc([C@H]([NH2+][C@H](C)C(=O)N2CCNC2=O)c2cccs2)cc1. The average Bonchev–Trinajstić information content (AvgIpc) is 3.31. The maximum Gasteiger partial charge on any atom is 0.324 e. The van der Waals surface area contributed by atoms with Crippen molar-refractivity contribution < 1.29 is 14.9 Å². The monoisotopic (exact) mass is 372 g/mol. The van der Waals surface area contributed by atoms with E-state index < -0.39 is 0 Å². The first-order chi connectivity index (χ1) is 12.6. The summed E-state index contributed by atoms with van der Waals surface area (Å²) in [4.78, 5) is 27.0. The van der Waals surface area contributed by atoms with Crippen molar-refractivity contribution in [1.82, 2.24) is 10.2 Å². The summed E-state index contributed by atoms with van der Waals surface area (Å²) < 4.78 is 0. The third-order valence-electron chi connectivity index (χ3n) is 4.72. The predicted octanol–water partition coefficient (Wildman–Crippen LogP) is 2.29. The predicted molar refractivity (Wildman–Crippen MR) is 103 cm³/mol. The Kier molecular flexibility index (Phi) is 6.06. The first kappa shape index (κ1) is 18.6. The zero-order valence-electron chi connectivity index (χ0n) is 15.3. The standard InChI is InChI=1S/C20H25N3O2S/c1-3-5-15-7-9-16(10-8-15)18(17-6-4-13-26-17)22-14(2)19(24)23-12-11-21-20(23)25/h4,6-10,13-14,18,22H,3,5,11-12H2,1-2H3,(H,21,25)/p+1/t14-,18+/m1/s1. The van der Waals surface area contributed by atoms with Crippen molar-refractivity contribution in [2.45, 2.75) is 38.8 Å². The molecular formula is C20H26N3O2S+. The zero-order valence-corrected chi connectivity index (χ0v) is 16.1. The van der Waals surface area contributed by atoms with Crippen molar-refractivity contribution in [3.05, 3.63) is 57.8 Å². The van der Waals surface area contributed by atoms with E-state index in [1.165, 1.54) is 20.9 Å². The van der Waals surface area contributed by atoms with Crippen LogP contribution >= 0.6 is 11.3 Å². The lowest BCUT2D eigenvalue weighted by Gasteiger charge is -2.22. The van der Waals surface area contributed by atoms with Gasteiger partial charge in [-0.05, 0) is 30.4 Å². The Hall–Kier alpha value is -2.18. The molecule has 1 aromatic heterocycles. The lowest BCUT2D eigenvalue weighted by Crippen LogP contribution is -2.92. The number of aryl methyl sites for hydroxylation is 1. The molecule has 0 radical (unpaired) electrons. The maximum atomic E-state index is 12.7. The van der Waals surface area contributed by atoms with Crippen LogP contribution in [-0.2, 0) is 11.2 Å². The highest BCUT2D eigenvalue weighted by Gasteiger charge is 2.33. The zero-order chi connectivity index (χ0) is 18.5. The average molecular weight is 373 g/mol. The Labute approximate surface area is 158 Å². The molecule has 26 heavy (non-hydrogen) atoms. The molecule has 3 N–H and O–H groups in total. The smallest absolute Gasteiger partial charge is 0.324 e. The molecule has 1 aliphatic heterocycles. The molecule has 1 aromatic carbocycles. The van der Waals surface area contributed by atoms with Crippen LogP contribution in [0.4, 0.5) is 4.79 Å². The van der Waals surface area contributed by atoms with Crippen LogP contribution in [0.1, 0.15) is 42.3 Å². The molecule has 2 atom stereocenters. The Morgan fingerprint density at radius 2 is 2.08 bits per heavy atom. The number of thiophene rings is 1. The lowest BCUT2D eigenvalue weighted by molar-refractivity contribution is -0.704. The van der Waals surface area contributed by atoms with Gasteiger partial charge in [0.25, 0.3) is 5.91 Å². The number of imide groups is 1. The van der Waals surface area contributed by atoms with E-state index in [2.05, 4.69) is 53.3 Å². The van der Waals surface area contributed by atoms with Crippen LogP contribution < -0.4 is 10.6 Å². The molecule has 1 aliphatic rings. The van der Waals surface area contributed by atoms with Crippen molar-refractivity contribution >= 4 is 23.3 Å². The number of carbonyl (C=O) groups is 2. The summed E-state index contributed by atoms with van der Waals surface area (Å²) in [5.41, 5.74) is 2.51. The van der Waals surface area contributed by atoms with Gasteiger partial charge in [0.2, 0.25) is 0 Å². The summed E-state index contributed by atoms with van der Waals surface area (Å²) in [6, 6.07) is 12.2. The van der Waals surface area contributed by atoms with Gasteiger partial charge in [-0.1, -0.05) is 43.7 Å². The Bertz CT molecular complexity index is 743. The Balaban J connectivity index is 1.78. The number of nitrogens with two attached hydrogens (primary N) is 1. The van der Waals surface area contributed by atoms with Crippen LogP contribution in [0.2, 0.25) is 0 Å². The summed E-state index contributed by atoms with van der Waals surface area (Å²) >= 11 is 1.69. The Morgan fingerprint density at radius 3 is 2.65 bits per heavy atom. The molecule has 2 heterocycles. The normalized spacial score (nSPS) is 16.4. The highest BCUT2D eigenvalue weighted by atomic mass is 32.1. The minimum atomic E-state index is -0.332. The van der Waals surface area contributed by atoms with Gasteiger partial charge < -0.3 is 10.6 Å². The first-order valence-corrected chi connectivity index (χ1v) is 10.0. The number of benzene rings is 1. The molecule has 1 fully saturated rings. The second-order valence-corrected chi connectivity index (χ2v) is 7.67. The molecule has 5 nitrogen and oxygen atoms in total. The van der Waals surface area contributed by atoms with Gasteiger partial charge in [0, 0.05) is 18.7 Å². The van der Waals surface area contributed by atoms with Crippen LogP contribution in [0.5, 0.6) is 0 Å². The van der Waals surface area contributed by atoms with Gasteiger partial charge in [-0.3, -0.25) is 9.69 Å². The number of nitrogens with one attached hydrogen (secondary N) is 1. The molecule has 0 spiro atoms. The van der Waals surface area contributed by atoms with E-state index >= 15 is 0 Å². The maximum absolute atomic E-state index is 12.7. The topological polar surface area (TPSA) is 66.0 Å². The number of rotatable bonds is 7. The van der Waals surface area contributed by atoms with Gasteiger partial charge in [0.05, 0.1) is 4.88 Å². The molecule has 3 rings (SSSR count). The van der Waals surface area contributed by atoms with Gasteiger partial charge >= 0.3 is 6.03 Å². The van der Waals surface area contributed by atoms with Crippen LogP contribution in [0.15, 0.2) is 41.8 Å². The summed E-state index contributed by atoms with van der Waals surface area (Å²) in [7, 11) is 0. The third kappa shape index (κ3) is 4.14. The van der Waals surface area contributed by atoms with E-state index in [1.807, 2.05) is 13.0 Å². The summed E-state index contributed by atoms with van der Waals surface area (Å²) in [5.74, 6) is -0.135. The number of amides is 3. The van der Waals surface area contributed by atoms with Gasteiger partial charge in [-0.25, -0.2) is 4.79 Å². The molecule has 2 aromatic rings. The number of hydrogen-bond acceptors (Lipinski definition) is 3. The highest BCUT2D eigenvalue weighted by Crippen LogP contribution is 2.23. The van der Waals surface area contributed by atoms with Gasteiger partial charge in [0.1, 0.15) is 6.04 Å². The summed E-state index contributed by atoms with van der Waals surface area (Å²) in [6.45, 7) is 5.04. The molecule has 6 heteroatoms. The van der Waals surface area contributed by atoms with E-state index in [9.17, 15) is 9.59 Å². The number of carbonyl (C=O) groups excluding carboxylic acids is 2. The van der Waals surface area contributed by atoms with Crippen molar-refractivity contribution in [2.75, 3.05) is 13.1 Å². The minimum absolute atomic E-state index is 0.0512. The fourth-order valence-electron chi connectivity index (χ4n) is 3.32.